The molecular formula is C26H32N2. The van der Waals surface area contributed by atoms with Crippen molar-refractivity contribution in [3.8, 4) is 0 Å². The molecule has 0 radical (unpaired) electrons. The Bertz CT molecular complexity index is 1010. The second-order valence-electron chi connectivity index (χ2n) is 10.2. The third-order valence-electron chi connectivity index (χ3n) is 8.02. The van der Waals surface area contributed by atoms with Gasteiger partial charge in [-0.1, -0.05) is 52.0 Å². The lowest BCUT2D eigenvalue weighted by Crippen LogP contribution is -2.49. The molecule has 0 amide bonds. The van der Waals surface area contributed by atoms with E-state index < -0.39 is 0 Å². The van der Waals surface area contributed by atoms with E-state index >= 15 is 0 Å². The van der Waals surface area contributed by atoms with Crippen molar-refractivity contribution in [1.82, 2.24) is 4.98 Å². The van der Waals surface area contributed by atoms with Gasteiger partial charge in [-0.2, -0.15) is 0 Å². The molecule has 0 unspecified atom stereocenters. The van der Waals surface area contributed by atoms with Gasteiger partial charge in [-0.15, -0.1) is 13.2 Å². The van der Waals surface area contributed by atoms with E-state index in [-0.39, 0.29) is 28.2 Å². The van der Waals surface area contributed by atoms with Crippen LogP contribution >= 0.6 is 0 Å². The van der Waals surface area contributed by atoms with Crippen LogP contribution in [0, 0.1) is 17.9 Å². The molecule has 4 rings (SSSR count). The molecule has 146 valence electrons. The first kappa shape index (κ1) is 19.1. The third-order valence-corrected chi connectivity index (χ3v) is 8.02. The van der Waals surface area contributed by atoms with Gasteiger partial charge in [-0.3, -0.25) is 0 Å². The summed E-state index contributed by atoms with van der Waals surface area (Å²) in [6, 6.07) is 6.57. The van der Waals surface area contributed by atoms with Crippen LogP contribution in [0.15, 0.2) is 43.5 Å². The van der Waals surface area contributed by atoms with Gasteiger partial charge in [0.15, 0.2) is 0 Å². The minimum Gasteiger partial charge on any atom is -0.357 e. The molecule has 1 aromatic carbocycles. The van der Waals surface area contributed by atoms with Crippen LogP contribution in [0.1, 0.15) is 70.2 Å². The Hall–Kier alpha value is -2.27. The fourth-order valence-corrected chi connectivity index (χ4v) is 6.00. The van der Waals surface area contributed by atoms with Crippen molar-refractivity contribution < 1.29 is 0 Å². The Labute approximate surface area is 169 Å². The number of nitrogens with one attached hydrogen (secondary N) is 1. The molecular weight excluding hydrogens is 340 g/mol. The highest BCUT2D eigenvalue weighted by atomic mass is 14.8. The molecule has 1 saturated carbocycles. The maximum absolute atomic E-state index is 8.16. The first-order valence-corrected chi connectivity index (χ1v) is 10.4. The zero-order valence-corrected chi connectivity index (χ0v) is 17.9. The van der Waals surface area contributed by atoms with E-state index in [9.17, 15) is 0 Å². The van der Waals surface area contributed by atoms with Crippen LogP contribution in [0.3, 0.4) is 0 Å². The van der Waals surface area contributed by atoms with Gasteiger partial charge < -0.3 is 9.83 Å². The van der Waals surface area contributed by atoms with Gasteiger partial charge in [0, 0.05) is 22.0 Å². The molecule has 1 N–H and O–H groups in total. The van der Waals surface area contributed by atoms with Crippen LogP contribution in [0.25, 0.3) is 15.7 Å². The van der Waals surface area contributed by atoms with E-state index in [1.165, 1.54) is 27.7 Å². The van der Waals surface area contributed by atoms with Gasteiger partial charge in [-0.25, -0.2) is 6.57 Å². The number of allylic oxidation sites excluding steroid dienone is 1. The number of H-pyrrole nitrogens is 1. The Kier molecular flexibility index (Phi) is 3.99. The smallest absolute Gasteiger partial charge is 0.239 e. The van der Waals surface area contributed by atoms with E-state index in [0.29, 0.717) is 5.92 Å². The number of aromatic nitrogens is 1. The number of fused-ring (bicyclic) bond motifs is 2. The van der Waals surface area contributed by atoms with Crippen molar-refractivity contribution in [1.29, 1.82) is 0 Å². The number of hydrogen-bond acceptors (Lipinski definition) is 0. The Balaban J connectivity index is 2.13. The van der Waals surface area contributed by atoms with Crippen molar-refractivity contribution in [3.05, 3.63) is 71.7 Å². The van der Waals surface area contributed by atoms with E-state index in [1.54, 1.807) is 0 Å². The largest absolute Gasteiger partial charge is 0.357 e. The first-order chi connectivity index (χ1) is 13.1. The predicted octanol–water partition coefficient (Wildman–Crippen LogP) is 6.90. The molecule has 1 heterocycles. The molecule has 28 heavy (non-hydrogen) atoms. The number of hydrogen-bond donors (Lipinski definition) is 1. The summed E-state index contributed by atoms with van der Waals surface area (Å²) in [5.74, 6) is 0.662. The summed E-state index contributed by atoms with van der Waals surface area (Å²) in [7, 11) is 0. The van der Waals surface area contributed by atoms with Crippen molar-refractivity contribution in [2.24, 2.45) is 11.3 Å². The summed E-state index contributed by atoms with van der Waals surface area (Å²) in [6.07, 6.45) is 6.23. The van der Waals surface area contributed by atoms with Gasteiger partial charge in [0.2, 0.25) is 6.04 Å². The standard InChI is InChI=1S/C26H32N2/c1-9-24(3,4)22-21-19-16(12-11-13-18(19)28-22)25(5,6)17-14-15-26(7,10-2)23(27-8)20(17)21/h9-13,17,20,23,28H,1-2,14-15H2,3-7H3/t17-,20-,23+,26-/m1/s1. The molecule has 1 aromatic heterocycles. The van der Waals surface area contributed by atoms with Gasteiger partial charge in [0.25, 0.3) is 0 Å². The summed E-state index contributed by atoms with van der Waals surface area (Å²) in [4.78, 5) is 8.00. The van der Waals surface area contributed by atoms with E-state index in [4.69, 9.17) is 6.57 Å². The fraction of sp³-hybridized carbons (Fsp3) is 0.500. The molecule has 2 nitrogen and oxygen atoms in total. The van der Waals surface area contributed by atoms with Crippen molar-refractivity contribution in [2.45, 2.75) is 70.3 Å². The average molecular weight is 373 g/mol. The maximum atomic E-state index is 8.16. The molecule has 0 spiro atoms. The predicted molar refractivity (Wildman–Crippen MR) is 119 cm³/mol. The summed E-state index contributed by atoms with van der Waals surface area (Å²) in [6.45, 7) is 27.8. The maximum Gasteiger partial charge on any atom is 0.239 e. The zero-order chi connectivity index (χ0) is 20.5. The van der Waals surface area contributed by atoms with Crippen LogP contribution in [-0.4, -0.2) is 11.0 Å². The Morgan fingerprint density at radius 2 is 1.96 bits per heavy atom. The minimum atomic E-state index is -0.174. The van der Waals surface area contributed by atoms with Crippen LogP contribution in [-0.2, 0) is 10.8 Å². The SMILES string of the molecule is [C-]#[N+][C@H]1[C@H]2c3c(C(C)(C)C=C)[nH]c4cccc(c34)C(C)(C)[C@@H]2CC[C@@]1(C)C=C. The summed E-state index contributed by atoms with van der Waals surface area (Å²) < 4.78 is 0. The fourth-order valence-electron chi connectivity index (χ4n) is 6.00. The van der Waals surface area contributed by atoms with Crippen molar-refractivity contribution >= 4 is 10.9 Å². The molecule has 2 heteroatoms. The lowest BCUT2D eigenvalue weighted by atomic mass is 9.50. The lowest BCUT2D eigenvalue weighted by molar-refractivity contribution is 0.118. The van der Waals surface area contributed by atoms with Gasteiger partial charge >= 0.3 is 0 Å². The first-order valence-electron chi connectivity index (χ1n) is 10.4. The highest BCUT2D eigenvalue weighted by Crippen LogP contribution is 2.61. The van der Waals surface area contributed by atoms with Gasteiger partial charge in [0.05, 0.1) is 11.3 Å². The third kappa shape index (κ3) is 2.26. The molecule has 0 aliphatic heterocycles. The zero-order valence-electron chi connectivity index (χ0n) is 17.9. The minimum absolute atomic E-state index is 0.0421. The topological polar surface area (TPSA) is 20.1 Å². The molecule has 0 bridgehead atoms. The van der Waals surface area contributed by atoms with Crippen LogP contribution in [0.4, 0.5) is 0 Å². The van der Waals surface area contributed by atoms with Crippen LogP contribution in [0.5, 0.6) is 0 Å². The molecule has 2 aromatic rings. The number of rotatable bonds is 3. The van der Waals surface area contributed by atoms with Gasteiger partial charge in [0.1, 0.15) is 0 Å². The highest BCUT2D eigenvalue weighted by Gasteiger charge is 2.58. The van der Waals surface area contributed by atoms with Crippen LogP contribution < -0.4 is 0 Å². The second kappa shape index (κ2) is 5.86. The highest BCUT2D eigenvalue weighted by molar-refractivity contribution is 5.91. The molecule has 4 atom stereocenters. The van der Waals surface area contributed by atoms with Crippen LogP contribution in [0.2, 0.25) is 0 Å². The van der Waals surface area contributed by atoms with E-state index in [0.717, 1.165) is 12.8 Å². The molecule has 0 saturated heterocycles. The number of benzene rings is 1. The molecule has 1 fully saturated rings. The molecule has 2 aliphatic carbocycles. The van der Waals surface area contributed by atoms with E-state index in [2.05, 4.69) is 75.8 Å². The Morgan fingerprint density at radius 3 is 2.57 bits per heavy atom. The Morgan fingerprint density at radius 1 is 1.25 bits per heavy atom. The second-order valence-corrected chi connectivity index (χ2v) is 10.2. The quantitative estimate of drug-likeness (QED) is 0.447. The summed E-state index contributed by atoms with van der Waals surface area (Å²) in [5.41, 5.74) is 4.94. The summed E-state index contributed by atoms with van der Waals surface area (Å²) in [5, 5.41) is 1.35. The van der Waals surface area contributed by atoms with Crippen molar-refractivity contribution in [3.63, 3.8) is 0 Å². The summed E-state index contributed by atoms with van der Waals surface area (Å²) >= 11 is 0. The lowest BCUT2D eigenvalue weighted by Gasteiger charge is -2.51. The normalized spacial score (nSPS) is 31.1. The molecule has 2 aliphatic rings. The monoisotopic (exact) mass is 372 g/mol. The van der Waals surface area contributed by atoms with Crippen molar-refractivity contribution in [2.75, 3.05) is 0 Å². The number of nitrogens with zero attached hydrogens (tertiary/aromatic N) is 1. The average Bonchev–Trinajstić information content (AvgIpc) is 3.06. The van der Waals surface area contributed by atoms with Gasteiger partial charge in [-0.05, 0) is 48.3 Å². The van der Waals surface area contributed by atoms with E-state index in [1.807, 2.05) is 12.2 Å². The number of aromatic amines is 1.